The number of hydrogen-bond donors (Lipinski definition) is 2. The fourth-order valence-corrected chi connectivity index (χ4v) is 0.495. The van der Waals surface area contributed by atoms with Gasteiger partial charge in [0.05, 0.1) is 6.61 Å². The number of ketones is 1. The van der Waals surface area contributed by atoms with Crippen LogP contribution in [0.3, 0.4) is 0 Å². The topological polar surface area (TPSA) is 75.8 Å². The number of hydrogen-bond acceptors (Lipinski definition) is 4. The Bertz CT molecular complexity index is 228. The normalized spacial score (nSPS) is 8.20. The SMILES string of the molecule is CC(=O)CCOC(=S)N(C)C.NC(O)=S. The number of aliphatic hydroxyl groups is 1. The van der Waals surface area contributed by atoms with Gasteiger partial charge in [-0.05, 0) is 31.4 Å². The van der Waals surface area contributed by atoms with Gasteiger partial charge in [-0.1, -0.05) is 0 Å². The number of thiocarbonyl (C=S) groups is 2. The van der Waals surface area contributed by atoms with E-state index in [1.54, 1.807) is 19.0 Å². The third-order valence-electron chi connectivity index (χ3n) is 1.04. The highest BCUT2D eigenvalue weighted by Gasteiger charge is 1.99. The number of nitrogens with two attached hydrogens (primary N) is 1. The molecule has 0 unspecified atom stereocenters. The van der Waals surface area contributed by atoms with Crippen molar-refractivity contribution in [3.05, 3.63) is 0 Å². The molecule has 0 aromatic heterocycles. The van der Waals surface area contributed by atoms with Crippen molar-refractivity contribution in [2.75, 3.05) is 20.7 Å². The van der Waals surface area contributed by atoms with Crippen LogP contribution in [0.5, 0.6) is 0 Å². The van der Waals surface area contributed by atoms with E-state index in [0.29, 0.717) is 18.2 Å². The quantitative estimate of drug-likeness (QED) is 0.713. The Morgan fingerprint density at radius 3 is 2.13 bits per heavy atom. The lowest BCUT2D eigenvalue weighted by atomic mass is 10.3. The van der Waals surface area contributed by atoms with E-state index >= 15 is 0 Å². The van der Waals surface area contributed by atoms with Crippen molar-refractivity contribution >= 4 is 40.6 Å². The Labute approximate surface area is 100 Å². The van der Waals surface area contributed by atoms with Crippen LogP contribution in [0.1, 0.15) is 13.3 Å². The third kappa shape index (κ3) is 19.5. The van der Waals surface area contributed by atoms with Crippen molar-refractivity contribution in [2.45, 2.75) is 13.3 Å². The average molecular weight is 252 g/mol. The maximum atomic E-state index is 10.5. The summed E-state index contributed by atoms with van der Waals surface area (Å²) < 4.78 is 5.05. The summed E-state index contributed by atoms with van der Waals surface area (Å²) in [6.45, 7) is 1.91. The first-order chi connectivity index (χ1) is 6.77. The Morgan fingerprint density at radius 2 is 1.87 bits per heavy atom. The second-order valence-corrected chi connectivity index (χ2v) is 3.57. The molecule has 0 atom stereocenters. The largest absolute Gasteiger partial charge is 0.487 e. The minimum absolute atomic E-state index is 0.117. The molecule has 3 N–H and O–H groups in total. The van der Waals surface area contributed by atoms with Crippen molar-refractivity contribution in [3.8, 4) is 0 Å². The monoisotopic (exact) mass is 252 g/mol. The van der Waals surface area contributed by atoms with E-state index in [9.17, 15) is 4.79 Å². The van der Waals surface area contributed by atoms with Gasteiger partial charge in [0.1, 0.15) is 5.78 Å². The molecule has 7 heteroatoms. The molecular weight excluding hydrogens is 236 g/mol. The summed E-state index contributed by atoms with van der Waals surface area (Å²) >= 11 is 8.69. The lowest BCUT2D eigenvalue weighted by Gasteiger charge is -2.13. The zero-order valence-corrected chi connectivity index (χ0v) is 10.7. The van der Waals surface area contributed by atoms with Crippen LogP contribution in [-0.2, 0) is 9.53 Å². The highest BCUT2D eigenvalue weighted by atomic mass is 32.1. The molecule has 0 saturated heterocycles. The lowest BCUT2D eigenvalue weighted by molar-refractivity contribution is -0.117. The van der Waals surface area contributed by atoms with Crippen LogP contribution in [0.15, 0.2) is 0 Å². The molecular formula is C8H16N2O3S2. The van der Waals surface area contributed by atoms with Crippen LogP contribution < -0.4 is 5.73 Å². The molecule has 0 aliphatic heterocycles. The van der Waals surface area contributed by atoms with E-state index in [-0.39, 0.29) is 5.78 Å². The van der Waals surface area contributed by atoms with E-state index in [4.69, 9.17) is 22.1 Å². The van der Waals surface area contributed by atoms with Gasteiger partial charge < -0.3 is 20.5 Å². The maximum Gasteiger partial charge on any atom is 0.258 e. The minimum Gasteiger partial charge on any atom is -0.487 e. The van der Waals surface area contributed by atoms with Gasteiger partial charge in [-0.2, -0.15) is 0 Å². The Hall–Kier alpha value is -0.950. The van der Waals surface area contributed by atoms with Crippen LogP contribution in [0.25, 0.3) is 0 Å². The predicted molar refractivity (Wildman–Crippen MR) is 66.9 cm³/mol. The second-order valence-electron chi connectivity index (χ2n) is 2.80. The molecule has 5 nitrogen and oxygen atoms in total. The van der Waals surface area contributed by atoms with Gasteiger partial charge in [0, 0.05) is 20.5 Å². The van der Waals surface area contributed by atoms with Crippen LogP contribution in [-0.4, -0.2) is 46.8 Å². The van der Waals surface area contributed by atoms with Crippen molar-refractivity contribution in [1.82, 2.24) is 4.90 Å². The molecule has 0 amide bonds. The Morgan fingerprint density at radius 1 is 1.47 bits per heavy atom. The first-order valence-electron chi connectivity index (χ1n) is 4.09. The highest BCUT2D eigenvalue weighted by molar-refractivity contribution is 7.80. The van der Waals surface area contributed by atoms with E-state index in [0.717, 1.165) is 0 Å². The van der Waals surface area contributed by atoms with Gasteiger partial charge in [-0.3, -0.25) is 4.79 Å². The second kappa shape index (κ2) is 9.60. The van der Waals surface area contributed by atoms with E-state index < -0.39 is 5.17 Å². The summed E-state index contributed by atoms with van der Waals surface area (Å²) in [5, 5.41) is 7.49. The standard InChI is InChI=1S/C7H13NO2S.CH3NOS/c1-6(9)4-5-10-7(11)8(2)3;2-1(3)4/h4-5H2,1-3H3;(H3,2,3,4). The molecule has 0 rings (SSSR count). The fourth-order valence-electron chi connectivity index (χ4n) is 0.411. The molecule has 0 aromatic carbocycles. The number of Topliss-reactive ketones (excluding diaryl/α,β-unsaturated/α-hetero) is 1. The van der Waals surface area contributed by atoms with E-state index in [1.165, 1.54) is 6.92 Å². The summed E-state index contributed by atoms with van der Waals surface area (Å²) in [6, 6.07) is 0. The number of ether oxygens (including phenoxy) is 1. The highest BCUT2D eigenvalue weighted by Crippen LogP contribution is 1.89. The molecule has 0 fully saturated rings. The molecule has 0 saturated carbocycles. The van der Waals surface area contributed by atoms with Crippen LogP contribution in [0, 0.1) is 0 Å². The molecule has 88 valence electrons. The predicted octanol–water partition coefficient (Wildman–Crippen LogP) is 0.617. The molecule has 15 heavy (non-hydrogen) atoms. The van der Waals surface area contributed by atoms with Crippen molar-refractivity contribution in [2.24, 2.45) is 5.73 Å². The van der Waals surface area contributed by atoms with Gasteiger partial charge in [0.25, 0.3) is 10.3 Å². The van der Waals surface area contributed by atoms with Gasteiger partial charge in [-0.25, -0.2) is 0 Å². The van der Waals surface area contributed by atoms with Gasteiger partial charge in [0.2, 0.25) is 0 Å². The summed E-state index contributed by atoms with van der Waals surface area (Å²) in [4.78, 5) is 12.1. The molecule has 0 heterocycles. The summed E-state index contributed by atoms with van der Waals surface area (Å²) in [6.07, 6.45) is 0.425. The van der Waals surface area contributed by atoms with Gasteiger partial charge in [-0.15, -0.1) is 0 Å². The van der Waals surface area contributed by atoms with Gasteiger partial charge >= 0.3 is 0 Å². The smallest absolute Gasteiger partial charge is 0.258 e. The maximum absolute atomic E-state index is 10.5. The van der Waals surface area contributed by atoms with Crippen molar-refractivity contribution in [1.29, 1.82) is 0 Å². The molecule has 0 bridgehead atoms. The Balaban J connectivity index is 0. The van der Waals surface area contributed by atoms with Crippen LogP contribution >= 0.6 is 24.4 Å². The first-order valence-corrected chi connectivity index (χ1v) is 4.91. The van der Waals surface area contributed by atoms with Crippen LogP contribution in [0.2, 0.25) is 0 Å². The Kier molecular flexibility index (Phi) is 10.5. The number of rotatable bonds is 3. The number of carbonyl (C=O) groups is 1. The molecule has 0 radical (unpaired) electrons. The summed E-state index contributed by atoms with van der Waals surface area (Å²) in [5.41, 5.74) is 4.40. The van der Waals surface area contributed by atoms with E-state index in [1.807, 2.05) is 0 Å². The first kappa shape index (κ1) is 16.5. The van der Waals surface area contributed by atoms with Gasteiger partial charge in [0.15, 0.2) is 0 Å². The average Bonchev–Trinajstić information content (AvgIpc) is 2.01. The molecule has 0 aromatic rings. The zero-order chi connectivity index (χ0) is 12.4. The fraction of sp³-hybridized carbons (Fsp3) is 0.625. The number of carbonyl (C=O) groups excluding carboxylic acids is 1. The van der Waals surface area contributed by atoms with Crippen molar-refractivity contribution in [3.63, 3.8) is 0 Å². The van der Waals surface area contributed by atoms with Crippen molar-refractivity contribution < 1.29 is 14.6 Å². The van der Waals surface area contributed by atoms with Crippen LogP contribution in [0.4, 0.5) is 0 Å². The number of nitrogens with zero attached hydrogens (tertiary/aromatic N) is 1. The summed E-state index contributed by atoms with van der Waals surface area (Å²) in [5.74, 6) is 0.117. The minimum atomic E-state index is -0.500. The lowest BCUT2D eigenvalue weighted by Crippen LogP contribution is -2.23. The zero-order valence-electron chi connectivity index (χ0n) is 9.02. The number of aliphatic hydroxyl groups excluding tert-OH is 1. The third-order valence-corrected chi connectivity index (χ3v) is 1.53. The molecule has 0 spiro atoms. The molecule has 0 aliphatic rings. The molecule has 0 aliphatic carbocycles. The van der Waals surface area contributed by atoms with E-state index in [2.05, 4.69) is 18.0 Å². The summed E-state index contributed by atoms with van der Waals surface area (Å²) in [7, 11) is 3.60.